The molecule has 2 fully saturated rings. The summed E-state index contributed by atoms with van der Waals surface area (Å²) in [5.41, 5.74) is 2.42. The third-order valence-corrected chi connectivity index (χ3v) is 6.34. The fourth-order valence-electron chi connectivity index (χ4n) is 3.58. The minimum Gasteiger partial charge on any atom is -0.497 e. The predicted molar refractivity (Wildman–Crippen MR) is 114 cm³/mol. The summed E-state index contributed by atoms with van der Waals surface area (Å²) < 4.78 is 5.13. The van der Waals surface area contributed by atoms with E-state index in [2.05, 4.69) is 5.32 Å². The number of benzene rings is 2. The van der Waals surface area contributed by atoms with E-state index in [9.17, 15) is 14.4 Å². The lowest BCUT2D eigenvalue weighted by atomic mass is 10.1. The number of hydrogen-bond acceptors (Lipinski definition) is 5. The standard InChI is InChI=1S/C22H23N3O4S/c1-29-18-8-4-15(5-9-18)10-23-21(27)17-6-2-16(3-7-17)11-24-12-20(26)25-14-30-13-19(25)22(24)28/h2-9,19H,10-14H2,1H3,(H,23,27)/t19-/m0/s1. The molecule has 0 saturated carbocycles. The predicted octanol–water partition coefficient (Wildman–Crippen LogP) is 1.87. The molecular formula is C22H23N3O4S. The maximum atomic E-state index is 12.6. The molecule has 0 radical (unpaired) electrons. The number of amides is 3. The van der Waals surface area contributed by atoms with Crippen LogP contribution in [0.3, 0.4) is 0 Å². The van der Waals surface area contributed by atoms with Crippen LogP contribution in [0.2, 0.25) is 0 Å². The zero-order valence-corrected chi connectivity index (χ0v) is 17.5. The molecule has 2 aromatic rings. The number of ether oxygens (including phenoxy) is 1. The van der Waals surface area contributed by atoms with Crippen LogP contribution in [0.25, 0.3) is 0 Å². The van der Waals surface area contributed by atoms with Gasteiger partial charge in [0.1, 0.15) is 18.3 Å². The lowest BCUT2D eigenvalue weighted by Crippen LogP contribution is -2.57. The van der Waals surface area contributed by atoms with E-state index in [0.717, 1.165) is 16.9 Å². The number of nitrogens with one attached hydrogen (secondary N) is 1. The summed E-state index contributed by atoms with van der Waals surface area (Å²) in [5.74, 6) is 1.87. The first-order valence-corrected chi connectivity index (χ1v) is 10.9. The van der Waals surface area contributed by atoms with Gasteiger partial charge in [-0.3, -0.25) is 14.4 Å². The Morgan fingerprint density at radius 3 is 2.50 bits per heavy atom. The highest BCUT2D eigenvalue weighted by molar-refractivity contribution is 7.99. The number of nitrogens with zero attached hydrogens (tertiary/aromatic N) is 2. The molecule has 1 N–H and O–H groups in total. The highest BCUT2D eigenvalue weighted by Crippen LogP contribution is 2.26. The highest BCUT2D eigenvalue weighted by atomic mass is 32.2. The number of methoxy groups -OCH3 is 1. The van der Waals surface area contributed by atoms with Gasteiger partial charge in [0.05, 0.1) is 13.0 Å². The van der Waals surface area contributed by atoms with Gasteiger partial charge in [0.15, 0.2) is 0 Å². The second kappa shape index (κ2) is 8.79. The maximum Gasteiger partial charge on any atom is 0.251 e. The van der Waals surface area contributed by atoms with E-state index in [1.807, 2.05) is 36.4 Å². The third kappa shape index (κ3) is 4.28. The Labute approximate surface area is 179 Å². The molecule has 7 nitrogen and oxygen atoms in total. The molecule has 0 aliphatic carbocycles. The van der Waals surface area contributed by atoms with Crippen molar-refractivity contribution in [3.63, 3.8) is 0 Å². The topological polar surface area (TPSA) is 79.0 Å². The quantitative estimate of drug-likeness (QED) is 0.765. The van der Waals surface area contributed by atoms with Gasteiger partial charge in [0, 0.05) is 24.4 Å². The molecule has 2 aliphatic heterocycles. The van der Waals surface area contributed by atoms with E-state index < -0.39 is 0 Å². The molecule has 0 unspecified atom stereocenters. The Morgan fingerprint density at radius 1 is 1.10 bits per heavy atom. The zero-order chi connectivity index (χ0) is 21.1. The normalized spacial score (nSPS) is 18.4. The summed E-state index contributed by atoms with van der Waals surface area (Å²) >= 11 is 1.61. The van der Waals surface area contributed by atoms with Crippen molar-refractivity contribution in [2.45, 2.75) is 19.1 Å². The van der Waals surface area contributed by atoms with E-state index in [0.29, 0.717) is 30.3 Å². The molecule has 1 atom stereocenters. The summed E-state index contributed by atoms with van der Waals surface area (Å²) in [6.07, 6.45) is 0. The molecule has 8 heteroatoms. The number of rotatable bonds is 6. The molecule has 3 amide bonds. The molecule has 0 aromatic heterocycles. The van der Waals surface area contributed by atoms with Crippen molar-refractivity contribution in [2.75, 3.05) is 25.3 Å². The summed E-state index contributed by atoms with van der Waals surface area (Å²) in [4.78, 5) is 40.6. The molecule has 2 heterocycles. The molecule has 2 saturated heterocycles. The number of fused-ring (bicyclic) bond motifs is 1. The molecule has 2 aromatic carbocycles. The molecular weight excluding hydrogens is 402 g/mol. The van der Waals surface area contributed by atoms with Crippen LogP contribution in [0.5, 0.6) is 5.75 Å². The van der Waals surface area contributed by atoms with Crippen LogP contribution in [0, 0.1) is 0 Å². The van der Waals surface area contributed by atoms with E-state index in [1.54, 1.807) is 40.8 Å². The number of thioether (sulfide) groups is 1. The second-order valence-electron chi connectivity index (χ2n) is 7.30. The zero-order valence-electron chi connectivity index (χ0n) is 16.7. The maximum absolute atomic E-state index is 12.6. The van der Waals surface area contributed by atoms with Crippen molar-refractivity contribution in [2.24, 2.45) is 0 Å². The van der Waals surface area contributed by atoms with Gasteiger partial charge in [0.2, 0.25) is 11.8 Å². The summed E-state index contributed by atoms with van der Waals surface area (Å²) in [6.45, 7) is 0.901. The Kier molecular flexibility index (Phi) is 5.94. The van der Waals surface area contributed by atoms with Crippen molar-refractivity contribution < 1.29 is 19.1 Å². The molecule has 30 heavy (non-hydrogen) atoms. The van der Waals surface area contributed by atoms with Crippen molar-refractivity contribution in [3.05, 3.63) is 65.2 Å². The average molecular weight is 426 g/mol. The molecule has 2 aliphatic rings. The van der Waals surface area contributed by atoms with Gasteiger partial charge in [-0.25, -0.2) is 0 Å². The first-order chi connectivity index (χ1) is 14.5. The molecule has 4 rings (SSSR count). The van der Waals surface area contributed by atoms with Gasteiger partial charge in [-0.2, -0.15) is 0 Å². The highest BCUT2D eigenvalue weighted by Gasteiger charge is 2.42. The fraction of sp³-hybridized carbons (Fsp3) is 0.318. The average Bonchev–Trinajstić information content (AvgIpc) is 3.27. The monoisotopic (exact) mass is 425 g/mol. The van der Waals surface area contributed by atoms with Crippen molar-refractivity contribution in [1.82, 2.24) is 15.1 Å². The van der Waals surface area contributed by atoms with E-state index in [1.165, 1.54) is 0 Å². The number of carbonyl (C=O) groups excluding carboxylic acids is 3. The van der Waals surface area contributed by atoms with Gasteiger partial charge in [-0.1, -0.05) is 24.3 Å². The largest absolute Gasteiger partial charge is 0.497 e. The first kappa shape index (κ1) is 20.3. The van der Waals surface area contributed by atoms with Gasteiger partial charge in [-0.05, 0) is 35.4 Å². The number of piperazine rings is 1. The Morgan fingerprint density at radius 2 is 1.80 bits per heavy atom. The SMILES string of the molecule is COc1ccc(CNC(=O)c2ccc(CN3CC(=O)N4CSC[C@H]4C3=O)cc2)cc1. The Hall–Kier alpha value is -3.00. The van der Waals surface area contributed by atoms with Gasteiger partial charge >= 0.3 is 0 Å². The Balaban J connectivity index is 1.33. The molecule has 0 bridgehead atoms. The third-order valence-electron chi connectivity index (χ3n) is 5.33. The van der Waals surface area contributed by atoms with E-state index >= 15 is 0 Å². The summed E-state index contributed by atoms with van der Waals surface area (Å²) in [5, 5.41) is 2.89. The van der Waals surface area contributed by atoms with Crippen LogP contribution in [-0.2, 0) is 22.7 Å². The first-order valence-electron chi connectivity index (χ1n) is 9.71. The van der Waals surface area contributed by atoms with Gasteiger partial charge < -0.3 is 19.9 Å². The smallest absolute Gasteiger partial charge is 0.251 e. The van der Waals surface area contributed by atoms with E-state index in [-0.39, 0.29) is 30.3 Å². The lowest BCUT2D eigenvalue weighted by Gasteiger charge is -2.35. The van der Waals surface area contributed by atoms with E-state index in [4.69, 9.17) is 4.74 Å². The minimum atomic E-state index is -0.334. The van der Waals surface area contributed by atoms with Crippen molar-refractivity contribution >= 4 is 29.5 Å². The van der Waals surface area contributed by atoms with Crippen LogP contribution in [0.4, 0.5) is 0 Å². The van der Waals surface area contributed by atoms with Crippen molar-refractivity contribution in [1.29, 1.82) is 0 Å². The van der Waals surface area contributed by atoms with Crippen LogP contribution in [0.15, 0.2) is 48.5 Å². The van der Waals surface area contributed by atoms with Crippen LogP contribution < -0.4 is 10.1 Å². The van der Waals surface area contributed by atoms with Crippen LogP contribution in [-0.4, -0.2) is 58.8 Å². The molecule has 0 spiro atoms. The van der Waals surface area contributed by atoms with Crippen molar-refractivity contribution in [3.8, 4) is 5.75 Å². The molecule has 156 valence electrons. The lowest BCUT2D eigenvalue weighted by molar-refractivity contribution is -0.153. The number of hydrogen-bond donors (Lipinski definition) is 1. The van der Waals surface area contributed by atoms with Gasteiger partial charge in [0.25, 0.3) is 5.91 Å². The summed E-state index contributed by atoms with van der Waals surface area (Å²) in [6, 6.07) is 14.3. The van der Waals surface area contributed by atoms with Gasteiger partial charge in [-0.15, -0.1) is 11.8 Å². The van der Waals surface area contributed by atoms with Crippen LogP contribution >= 0.6 is 11.8 Å². The van der Waals surface area contributed by atoms with Crippen LogP contribution in [0.1, 0.15) is 21.5 Å². The Bertz CT molecular complexity index is 946. The second-order valence-corrected chi connectivity index (χ2v) is 8.30. The number of carbonyl (C=O) groups is 3. The summed E-state index contributed by atoms with van der Waals surface area (Å²) in [7, 11) is 1.61. The fourth-order valence-corrected chi connectivity index (χ4v) is 4.75. The minimum absolute atomic E-state index is 0.000806.